The van der Waals surface area contributed by atoms with E-state index in [0.29, 0.717) is 22.7 Å². The van der Waals surface area contributed by atoms with Gasteiger partial charge in [-0.2, -0.15) is 5.26 Å². The van der Waals surface area contributed by atoms with E-state index in [1.54, 1.807) is 30.3 Å². The second-order valence-electron chi connectivity index (χ2n) is 6.89. The molecule has 154 valence electrons. The number of amides is 2. The minimum Gasteiger partial charge on any atom is -0.495 e. The van der Waals surface area contributed by atoms with Gasteiger partial charge in [-0.3, -0.25) is 14.4 Å². The lowest BCUT2D eigenvalue weighted by Crippen LogP contribution is -2.28. The maximum absolute atomic E-state index is 12.5. The highest BCUT2D eigenvalue weighted by Crippen LogP contribution is 2.34. The summed E-state index contributed by atoms with van der Waals surface area (Å²) in [7, 11) is 1.52. The van der Waals surface area contributed by atoms with E-state index in [1.807, 2.05) is 25.1 Å². The monoisotopic (exact) mass is 407 g/mol. The van der Waals surface area contributed by atoms with Crippen LogP contribution in [0.1, 0.15) is 17.5 Å². The standard InChI is InChI=1S/C22H21N3O5/c1-14-7-8-19(29-2)18(9-14)25-12-16(10-21(25)27)22(28)30-13-20(26)24-17-6-4-3-5-15(17)11-23/h3-9,16H,10,12-13H2,1-2H3,(H,24,26)/t16-/m0/s1. The van der Waals surface area contributed by atoms with Gasteiger partial charge < -0.3 is 19.7 Å². The first-order chi connectivity index (χ1) is 14.4. The van der Waals surface area contributed by atoms with E-state index in [1.165, 1.54) is 12.0 Å². The number of rotatable bonds is 6. The summed E-state index contributed by atoms with van der Waals surface area (Å²) in [6, 6.07) is 14.0. The summed E-state index contributed by atoms with van der Waals surface area (Å²) in [6.45, 7) is 1.55. The first kappa shape index (κ1) is 20.9. The van der Waals surface area contributed by atoms with Gasteiger partial charge in [0.1, 0.15) is 11.8 Å². The molecule has 0 spiro atoms. The quantitative estimate of drug-likeness (QED) is 0.737. The zero-order valence-electron chi connectivity index (χ0n) is 16.7. The average Bonchev–Trinajstić information content (AvgIpc) is 3.14. The van der Waals surface area contributed by atoms with E-state index < -0.39 is 24.4 Å². The number of nitriles is 1. The van der Waals surface area contributed by atoms with Crippen molar-refractivity contribution < 1.29 is 23.9 Å². The van der Waals surface area contributed by atoms with Crippen LogP contribution in [0.15, 0.2) is 42.5 Å². The minimum atomic E-state index is -0.679. The molecule has 0 radical (unpaired) electrons. The number of carbonyl (C=O) groups excluding carboxylic acids is 3. The van der Waals surface area contributed by atoms with E-state index in [9.17, 15) is 14.4 Å². The van der Waals surface area contributed by atoms with Crippen LogP contribution in [0.2, 0.25) is 0 Å². The summed E-state index contributed by atoms with van der Waals surface area (Å²) in [6.07, 6.45) is -0.00514. The third-order valence-electron chi connectivity index (χ3n) is 4.75. The Labute approximate surface area is 174 Å². The normalized spacial score (nSPS) is 15.4. The molecule has 0 unspecified atom stereocenters. The Bertz CT molecular complexity index is 1030. The number of hydrogen-bond acceptors (Lipinski definition) is 6. The smallest absolute Gasteiger partial charge is 0.311 e. The van der Waals surface area contributed by atoms with Crippen molar-refractivity contribution in [1.29, 1.82) is 5.26 Å². The molecule has 0 saturated carbocycles. The number of para-hydroxylation sites is 1. The lowest BCUT2D eigenvalue weighted by Gasteiger charge is -2.20. The molecule has 1 heterocycles. The van der Waals surface area contributed by atoms with Gasteiger partial charge in [0.05, 0.1) is 30.0 Å². The molecule has 0 aliphatic carbocycles. The zero-order valence-corrected chi connectivity index (χ0v) is 16.7. The predicted octanol–water partition coefficient (Wildman–Crippen LogP) is 2.41. The summed E-state index contributed by atoms with van der Waals surface area (Å²) < 4.78 is 10.4. The third-order valence-corrected chi connectivity index (χ3v) is 4.75. The fraction of sp³-hybridized carbons (Fsp3) is 0.273. The van der Waals surface area contributed by atoms with Crippen molar-refractivity contribution in [3.8, 4) is 11.8 Å². The van der Waals surface area contributed by atoms with Crippen molar-refractivity contribution in [2.45, 2.75) is 13.3 Å². The van der Waals surface area contributed by atoms with Gasteiger partial charge in [-0.05, 0) is 36.8 Å². The molecule has 8 heteroatoms. The number of esters is 1. The summed E-state index contributed by atoms with van der Waals surface area (Å²) in [5, 5.41) is 11.6. The molecule has 2 aromatic carbocycles. The van der Waals surface area contributed by atoms with Gasteiger partial charge in [-0.25, -0.2) is 0 Å². The fourth-order valence-corrected chi connectivity index (χ4v) is 3.24. The van der Waals surface area contributed by atoms with E-state index >= 15 is 0 Å². The van der Waals surface area contributed by atoms with Gasteiger partial charge in [-0.15, -0.1) is 0 Å². The molecule has 1 aliphatic rings. The molecule has 2 amide bonds. The molecule has 1 atom stereocenters. The highest BCUT2D eigenvalue weighted by molar-refractivity contribution is 6.01. The van der Waals surface area contributed by atoms with Crippen LogP contribution in [-0.4, -0.2) is 38.0 Å². The highest BCUT2D eigenvalue weighted by atomic mass is 16.5. The number of hydrogen-bond donors (Lipinski definition) is 1. The third kappa shape index (κ3) is 4.58. The first-order valence-corrected chi connectivity index (χ1v) is 9.33. The summed E-state index contributed by atoms with van der Waals surface area (Å²) in [4.78, 5) is 38.5. The molecule has 3 rings (SSSR count). The molecular formula is C22H21N3O5. The molecule has 1 aliphatic heterocycles. The number of anilines is 2. The van der Waals surface area contributed by atoms with Crippen LogP contribution in [0.4, 0.5) is 11.4 Å². The van der Waals surface area contributed by atoms with Crippen molar-refractivity contribution in [3.05, 3.63) is 53.6 Å². The van der Waals surface area contributed by atoms with Gasteiger partial charge in [0, 0.05) is 13.0 Å². The Balaban J connectivity index is 1.59. The van der Waals surface area contributed by atoms with Gasteiger partial charge in [-0.1, -0.05) is 18.2 Å². The first-order valence-electron chi connectivity index (χ1n) is 9.33. The number of aryl methyl sites for hydroxylation is 1. The van der Waals surface area contributed by atoms with Crippen LogP contribution in [0.25, 0.3) is 0 Å². The number of nitrogens with zero attached hydrogens (tertiary/aromatic N) is 2. The van der Waals surface area contributed by atoms with E-state index in [0.717, 1.165) is 5.56 Å². The van der Waals surface area contributed by atoms with Crippen LogP contribution in [0.3, 0.4) is 0 Å². The van der Waals surface area contributed by atoms with E-state index in [4.69, 9.17) is 14.7 Å². The SMILES string of the molecule is COc1ccc(C)cc1N1C[C@@H](C(=O)OCC(=O)Nc2ccccc2C#N)CC1=O. The maximum Gasteiger partial charge on any atom is 0.311 e. The molecule has 0 bridgehead atoms. The largest absolute Gasteiger partial charge is 0.495 e. The van der Waals surface area contributed by atoms with Crippen molar-refractivity contribution in [3.63, 3.8) is 0 Å². The summed E-state index contributed by atoms with van der Waals surface area (Å²) >= 11 is 0. The Morgan fingerprint density at radius 1 is 1.27 bits per heavy atom. The van der Waals surface area contributed by atoms with Crippen molar-refractivity contribution in [1.82, 2.24) is 0 Å². The molecule has 0 aromatic heterocycles. The lowest BCUT2D eigenvalue weighted by molar-refractivity contribution is -0.151. The Hall–Kier alpha value is -3.86. The van der Waals surface area contributed by atoms with Gasteiger partial charge >= 0.3 is 5.97 Å². The number of nitrogens with one attached hydrogen (secondary N) is 1. The van der Waals surface area contributed by atoms with Gasteiger partial charge in [0.25, 0.3) is 5.91 Å². The summed E-state index contributed by atoms with van der Waals surface area (Å²) in [5.74, 6) is -1.54. The molecule has 30 heavy (non-hydrogen) atoms. The van der Waals surface area contributed by atoms with Crippen molar-refractivity contribution in [2.75, 3.05) is 30.5 Å². The van der Waals surface area contributed by atoms with Crippen LogP contribution < -0.4 is 15.0 Å². The van der Waals surface area contributed by atoms with Crippen LogP contribution in [-0.2, 0) is 19.1 Å². The number of carbonyl (C=O) groups is 3. The van der Waals surface area contributed by atoms with Crippen molar-refractivity contribution >= 4 is 29.2 Å². The Kier molecular flexibility index (Phi) is 6.32. The second-order valence-corrected chi connectivity index (χ2v) is 6.89. The molecule has 1 saturated heterocycles. The zero-order chi connectivity index (χ0) is 21.7. The molecule has 1 N–H and O–H groups in total. The van der Waals surface area contributed by atoms with Gasteiger partial charge in [0.2, 0.25) is 5.91 Å². The van der Waals surface area contributed by atoms with Crippen LogP contribution in [0.5, 0.6) is 5.75 Å². The average molecular weight is 407 g/mol. The van der Waals surface area contributed by atoms with Crippen LogP contribution in [0, 0.1) is 24.2 Å². The topological polar surface area (TPSA) is 109 Å². The van der Waals surface area contributed by atoms with E-state index in [-0.39, 0.29) is 18.9 Å². The number of ether oxygens (including phenoxy) is 2. The number of methoxy groups -OCH3 is 1. The Morgan fingerprint density at radius 3 is 2.77 bits per heavy atom. The van der Waals surface area contributed by atoms with Crippen LogP contribution >= 0.6 is 0 Å². The molecule has 8 nitrogen and oxygen atoms in total. The fourth-order valence-electron chi connectivity index (χ4n) is 3.24. The second kappa shape index (κ2) is 9.09. The lowest BCUT2D eigenvalue weighted by atomic mass is 10.1. The van der Waals surface area contributed by atoms with Gasteiger partial charge in [0.15, 0.2) is 6.61 Å². The maximum atomic E-state index is 12.5. The molecule has 1 fully saturated rings. The summed E-state index contributed by atoms with van der Waals surface area (Å²) in [5.41, 5.74) is 2.21. The van der Waals surface area contributed by atoms with Crippen molar-refractivity contribution in [2.24, 2.45) is 5.92 Å². The number of benzene rings is 2. The highest BCUT2D eigenvalue weighted by Gasteiger charge is 2.37. The molecular weight excluding hydrogens is 386 g/mol. The Morgan fingerprint density at radius 2 is 2.03 bits per heavy atom. The minimum absolute atomic E-state index is 0.00514. The predicted molar refractivity (Wildman–Crippen MR) is 109 cm³/mol. The van der Waals surface area contributed by atoms with E-state index in [2.05, 4.69) is 5.32 Å². The molecule has 2 aromatic rings.